The van der Waals surface area contributed by atoms with Gasteiger partial charge in [0.25, 0.3) is 0 Å². The van der Waals surface area contributed by atoms with Crippen molar-refractivity contribution in [2.24, 2.45) is 0 Å². The summed E-state index contributed by atoms with van der Waals surface area (Å²) in [6.45, 7) is 9.35. The van der Waals surface area contributed by atoms with Gasteiger partial charge in [-0.05, 0) is 55.7 Å². The third-order valence-corrected chi connectivity index (χ3v) is 5.61. The number of nitrogens with zero attached hydrogens (tertiary/aromatic N) is 1. The molecule has 2 heteroatoms. The van der Waals surface area contributed by atoms with Crippen LogP contribution in [0, 0.1) is 0 Å². The Morgan fingerprint density at radius 2 is 2.00 bits per heavy atom. The lowest BCUT2D eigenvalue weighted by molar-refractivity contribution is 0.0850. The summed E-state index contributed by atoms with van der Waals surface area (Å²) < 4.78 is 0. The lowest BCUT2D eigenvalue weighted by Gasteiger charge is -2.43. The highest BCUT2D eigenvalue weighted by atomic mass is 15.2. The third-order valence-electron chi connectivity index (χ3n) is 5.61. The molecule has 1 aromatic rings. The summed E-state index contributed by atoms with van der Waals surface area (Å²) in [6.07, 6.45) is 6.37. The van der Waals surface area contributed by atoms with E-state index in [1.54, 1.807) is 11.1 Å². The molecule has 1 aliphatic heterocycles. The molecule has 3 rings (SSSR count). The smallest absolute Gasteiger partial charge is 0.0324 e. The molecule has 1 unspecified atom stereocenters. The molecule has 2 aliphatic rings. The number of piperazine rings is 1. The Labute approximate surface area is 129 Å². The van der Waals surface area contributed by atoms with E-state index in [-0.39, 0.29) is 0 Å². The predicted molar refractivity (Wildman–Crippen MR) is 89.7 cm³/mol. The Hall–Kier alpha value is -0.860. The summed E-state index contributed by atoms with van der Waals surface area (Å²) in [5.74, 6) is 0. The van der Waals surface area contributed by atoms with Gasteiger partial charge in [-0.15, -0.1) is 0 Å². The van der Waals surface area contributed by atoms with Crippen LogP contribution in [0.15, 0.2) is 18.2 Å². The molecule has 0 bridgehead atoms. The Balaban J connectivity index is 1.80. The van der Waals surface area contributed by atoms with Crippen LogP contribution in [-0.2, 0) is 12.8 Å². The molecule has 0 amide bonds. The van der Waals surface area contributed by atoms with Crippen molar-refractivity contribution in [1.29, 1.82) is 0 Å². The standard InChI is InChI=1S/C19H30N2/c1-4-18-13-21(19(5-2)12-20-18)14(3)16-10-9-15-7-6-8-17(15)11-16/h9-11,14,18-20H,4-8,12-13H2,1-3H3/t14?,18-,19+/m0/s1. The Bertz CT molecular complexity index is 482. The van der Waals surface area contributed by atoms with Gasteiger partial charge >= 0.3 is 0 Å². The molecule has 0 aromatic heterocycles. The van der Waals surface area contributed by atoms with Gasteiger partial charge in [-0.1, -0.05) is 32.0 Å². The van der Waals surface area contributed by atoms with E-state index in [2.05, 4.69) is 49.2 Å². The van der Waals surface area contributed by atoms with Crippen molar-refractivity contribution in [2.75, 3.05) is 13.1 Å². The minimum absolute atomic E-state index is 0.539. The molecule has 1 aromatic carbocycles. The van der Waals surface area contributed by atoms with Crippen molar-refractivity contribution < 1.29 is 0 Å². The first-order chi connectivity index (χ1) is 10.2. The fourth-order valence-electron chi connectivity index (χ4n) is 4.06. The topological polar surface area (TPSA) is 15.3 Å². The van der Waals surface area contributed by atoms with Crippen molar-refractivity contribution >= 4 is 0 Å². The summed E-state index contributed by atoms with van der Waals surface area (Å²) in [5.41, 5.74) is 4.71. The van der Waals surface area contributed by atoms with Gasteiger partial charge < -0.3 is 5.32 Å². The van der Waals surface area contributed by atoms with Crippen LogP contribution < -0.4 is 5.32 Å². The fourth-order valence-corrected chi connectivity index (χ4v) is 4.06. The van der Waals surface area contributed by atoms with Crippen molar-refractivity contribution in [3.05, 3.63) is 34.9 Å². The van der Waals surface area contributed by atoms with Gasteiger partial charge in [-0.3, -0.25) is 4.90 Å². The molecule has 0 spiro atoms. The van der Waals surface area contributed by atoms with Crippen molar-refractivity contribution in [1.82, 2.24) is 10.2 Å². The van der Waals surface area contributed by atoms with Crippen LogP contribution in [-0.4, -0.2) is 30.1 Å². The molecule has 0 radical (unpaired) electrons. The van der Waals surface area contributed by atoms with Gasteiger partial charge in [0.2, 0.25) is 0 Å². The summed E-state index contributed by atoms with van der Waals surface area (Å²) in [5, 5.41) is 3.71. The van der Waals surface area contributed by atoms with Crippen molar-refractivity contribution in [2.45, 2.75) is 71.0 Å². The molecule has 0 saturated carbocycles. The van der Waals surface area contributed by atoms with Gasteiger partial charge in [0.1, 0.15) is 0 Å². The van der Waals surface area contributed by atoms with E-state index >= 15 is 0 Å². The highest BCUT2D eigenvalue weighted by Crippen LogP contribution is 2.30. The highest BCUT2D eigenvalue weighted by molar-refractivity contribution is 5.36. The quantitative estimate of drug-likeness (QED) is 0.908. The van der Waals surface area contributed by atoms with Crippen LogP contribution in [0.25, 0.3) is 0 Å². The number of benzene rings is 1. The molecule has 21 heavy (non-hydrogen) atoms. The molecule has 116 valence electrons. The van der Waals surface area contributed by atoms with Gasteiger partial charge in [0.15, 0.2) is 0 Å². The molecular weight excluding hydrogens is 256 g/mol. The molecule has 3 atom stereocenters. The molecule has 1 fully saturated rings. The molecule has 1 aliphatic carbocycles. The van der Waals surface area contributed by atoms with Gasteiger partial charge in [-0.25, -0.2) is 0 Å². The van der Waals surface area contributed by atoms with Crippen LogP contribution >= 0.6 is 0 Å². The molecule has 1 N–H and O–H groups in total. The van der Waals surface area contributed by atoms with Crippen LogP contribution in [0.5, 0.6) is 0 Å². The number of hydrogen-bond acceptors (Lipinski definition) is 2. The van der Waals surface area contributed by atoms with Crippen molar-refractivity contribution in [3.8, 4) is 0 Å². The number of aryl methyl sites for hydroxylation is 2. The van der Waals surface area contributed by atoms with E-state index in [0.717, 1.165) is 6.54 Å². The average Bonchev–Trinajstić information content (AvgIpc) is 3.01. The normalized spacial score (nSPS) is 27.6. The molecule has 2 nitrogen and oxygen atoms in total. The minimum atomic E-state index is 0.539. The Morgan fingerprint density at radius 3 is 2.76 bits per heavy atom. The summed E-state index contributed by atoms with van der Waals surface area (Å²) in [4.78, 5) is 2.74. The first kappa shape index (κ1) is 15.1. The van der Waals surface area contributed by atoms with Gasteiger partial charge in [0.05, 0.1) is 0 Å². The minimum Gasteiger partial charge on any atom is -0.311 e. The average molecular weight is 286 g/mol. The second kappa shape index (κ2) is 6.50. The van der Waals surface area contributed by atoms with Crippen molar-refractivity contribution in [3.63, 3.8) is 0 Å². The maximum absolute atomic E-state index is 3.71. The first-order valence-corrected chi connectivity index (χ1v) is 8.83. The number of hydrogen-bond donors (Lipinski definition) is 1. The number of fused-ring (bicyclic) bond motifs is 1. The first-order valence-electron chi connectivity index (χ1n) is 8.83. The SMILES string of the molecule is CC[C@H]1CN(C(C)c2ccc3c(c2)CCC3)[C@H](CC)CN1. The summed E-state index contributed by atoms with van der Waals surface area (Å²) >= 11 is 0. The monoisotopic (exact) mass is 286 g/mol. The van der Waals surface area contributed by atoms with E-state index in [0.29, 0.717) is 18.1 Å². The number of rotatable bonds is 4. The second-order valence-corrected chi connectivity index (χ2v) is 6.83. The van der Waals surface area contributed by atoms with Gasteiger partial charge in [-0.2, -0.15) is 0 Å². The zero-order chi connectivity index (χ0) is 14.8. The Kier molecular flexibility index (Phi) is 4.66. The number of nitrogens with one attached hydrogen (secondary N) is 1. The van der Waals surface area contributed by atoms with E-state index < -0.39 is 0 Å². The highest BCUT2D eigenvalue weighted by Gasteiger charge is 2.30. The molecular formula is C19H30N2. The van der Waals surface area contributed by atoms with E-state index in [4.69, 9.17) is 0 Å². The second-order valence-electron chi connectivity index (χ2n) is 6.83. The third kappa shape index (κ3) is 3.02. The van der Waals surface area contributed by atoms with Gasteiger partial charge in [0, 0.05) is 31.2 Å². The van der Waals surface area contributed by atoms with Crippen LogP contribution in [0.4, 0.5) is 0 Å². The van der Waals surface area contributed by atoms with Crippen LogP contribution in [0.1, 0.15) is 62.8 Å². The van der Waals surface area contributed by atoms with E-state index in [1.807, 2.05) is 0 Å². The zero-order valence-corrected chi connectivity index (χ0v) is 13.9. The maximum atomic E-state index is 3.71. The summed E-state index contributed by atoms with van der Waals surface area (Å²) in [7, 11) is 0. The molecule has 1 heterocycles. The maximum Gasteiger partial charge on any atom is 0.0324 e. The van der Waals surface area contributed by atoms with Crippen LogP contribution in [0.2, 0.25) is 0 Å². The van der Waals surface area contributed by atoms with E-state index in [9.17, 15) is 0 Å². The fraction of sp³-hybridized carbons (Fsp3) is 0.684. The molecule has 1 saturated heterocycles. The summed E-state index contributed by atoms with van der Waals surface area (Å²) in [6, 6.07) is 9.12. The largest absolute Gasteiger partial charge is 0.311 e. The lowest BCUT2D eigenvalue weighted by atomic mass is 9.96. The van der Waals surface area contributed by atoms with Crippen LogP contribution in [0.3, 0.4) is 0 Å². The zero-order valence-electron chi connectivity index (χ0n) is 13.9. The van der Waals surface area contributed by atoms with E-state index in [1.165, 1.54) is 44.2 Å². The Morgan fingerprint density at radius 1 is 1.19 bits per heavy atom. The lowest BCUT2D eigenvalue weighted by Crippen LogP contribution is -2.56. The predicted octanol–water partition coefficient (Wildman–Crippen LogP) is 3.70.